The molecule has 1 heterocycles. The normalized spacial score (nSPS) is 20.2. The number of phenols is 1. The second-order valence-electron chi connectivity index (χ2n) is 4.89. The Morgan fingerprint density at radius 1 is 1.44 bits per heavy atom. The first-order valence-corrected chi connectivity index (χ1v) is 6.48. The fourth-order valence-electron chi connectivity index (χ4n) is 2.24. The standard InChI is InChI=1S/C14H20N2O2/c1-10-5-6-13(17)12(8-10)14(18)16-11-4-2-3-7-15-9-11/h5-6,8,11,15,17H,2-4,7,9H2,1H3,(H,16,18). The van der Waals surface area contributed by atoms with Crippen molar-refractivity contribution in [2.75, 3.05) is 13.1 Å². The molecule has 4 nitrogen and oxygen atoms in total. The molecule has 1 amide bonds. The van der Waals surface area contributed by atoms with Crippen molar-refractivity contribution >= 4 is 5.91 Å². The van der Waals surface area contributed by atoms with Gasteiger partial charge in [-0.1, -0.05) is 18.1 Å². The lowest BCUT2D eigenvalue weighted by Gasteiger charge is -2.17. The van der Waals surface area contributed by atoms with Gasteiger partial charge in [-0.05, 0) is 38.4 Å². The monoisotopic (exact) mass is 248 g/mol. The highest BCUT2D eigenvalue weighted by atomic mass is 16.3. The third-order valence-corrected chi connectivity index (χ3v) is 3.28. The molecule has 1 atom stereocenters. The molecule has 0 radical (unpaired) electrons. The number of carbonyl (C=O) groups is 1. The summed E-state index contributed by atoms with van der Waals surface area (Å²) in [6, 6.07) is 5.23. The van der Waals surface area contributed by atoms with Gasteiger partial charge in [0, 0.05) is 12.6 Å². The first kappa shape index (κ1) is 12.9. The van der Waals surface area contributed by atoms with Crippen LogP contribution in [0, 0.1) is 6.92 Å². The highest BCUT2D eigenvalue weighted by molar-refractivity contribution is 5.97. The molecule has 0 bridgehead atoms. The fraction of sp³-hybridized carbons (Fsp3) is 0.500. The minimum absolute atomic E-state index is 0.0414. The van der Waals surface area contributed by atoms with E-state index in [4.69, 9.17) is 0 Å². The number of hydrogen-bond donors (Lipinski definition) is 3. The summed E-state index contributed by atoms with van der Waals surface area (Å²) < 4.78 is 0. The van der Waals surface area contributed by atoms with Gasteiger partial charge in [0.1, 0.15) is 5.75 Å². The molecule has 1 fully saturated rings. The van der Waals surface area contributed by atoms with Gasteiger partial charge < -0.3 is 15.7 Å². The molecule has 3 N–H and O–H groups in total. The number of benzene rings is 1. The molecule has 0 saturated carbocycles. The van der Waals surface area contributed by atoms with Gasteiger partial charge in [0.2, 0.25) is 0 Å². The van der Waals surface area contributed by atoms with Crippen LogP contribution in [0.4, 0.5) is 0 Å². The van der Waals surface area contributed by atoms with Gasteiger partial charge in [-0.3, -0.25) is 4.79 Å². The van der Waals surface area contributed by atoms with E-state index in [0.717, 1.165) is 37.9 Å². The molecule has 1 saturated heterocycles. The molecule has 0 aromatic heterocycles. The summed E-state index contributed by atoms with van der Waals surface area (Å²) in [5.41, 5.74) is 1.33. The van der Waals surface area contributed by atoms with Crippen LogP contribution in [0.3, 0.4) is 0 Å². The molecule has 1 aliphatic rings. The second kappa shape index (κ2) is 5.87. The van der Waals surface area contributed by atoms with Crippen LogP contribution in [0.5, 0.6) is 5.75 Å². The zero-order valence-electron chi connectivity index (χ0n) is 10.7. The van der Waals surface area contributed by atoms with Gasteiger partial charge in [-0.25, -0.2) is 0 Å². The lowest BCUT2D eigenvalue weighted by atomic mass is 10.1. The smallest absolute Gasteiger partial charge is 0.255 e. The maximum absolute atomic E-state index is 12.1. The molecule has 0 spiro atoms. The molecular formula is C14H20N2O2. The van der Waals surface area contributed by atoms with Gasteiger partial charge >= 0.3 is 0 Å². The van der Waals surface area contributed by atoms with Crippen molar-refractivity contribution < 1.29 is 9.90 Å². The lowest BCUT2D eigenvalue weighted by molar-refractivity contribution is 0.0933. The largest absolute Gasteiger partial charge is 0.507 e. The highest BCUT2D eigenvalue weighted by Crippen LogP contribution is 2.18. The van der Waals surface area contributed by atoms with E-state index in [2.05, 4.69) is 10.6 Å². The van der Waals surface area contributed by atoms with Gasteiger partial charge in [-0.15, -0.1) is 0 Å². The van der Waals surface area contributed by atoms with Crippen LogP contribution in [0.2, 0.25) is 0 Å². The number of aryl methyl sites for hydroxylation is 1. The van der Waals surface area contributed by atoms with E-state index in [9.17, 15) is 9.90 Å². The molecule has 18 heavy (non-hydrogen) atoms. The summed E-state index contributed by atoms with van der Waals surface area (Å²) >= 11 is 0. The van der Waals surface area contributed by atoms with Gasteiger partial charge in [-0.2, -0.15) is 0 Å². The zero-order valence-corrected chi connectivity index (χ0v) is 10.7. The summed E-state index contributed by atoms with van der Waals surface area (Å²) in [6.45, 7) is 3.73. The summed E-state index contributed by atoms with van der Waals surface area (Å²) in [4.78, 5) is 12.1. The van der Waals surface area contributed by atoms with Crippen LogP contribution in [0.15, 0.2) is 18.2 Å². The fourth-order valence-corrected chi connectivity index (χ4v) is 2.24. The van der Waals surface area contributed by atoms with E-state index in [1.165, 1.54) is 0 Å². The van der Waals surface area contributed by atoms with E-state index < -0.39 is 0 Å². The van der Waals surface area contributed by atoms with E-state index in [1.807, 2.05) is 6.92 Å². The molecule has 0 aliphatic carbocycles. The number of amides is 1. The van der Waals surface area contributed by atoms with Crippen LogP contribution in [-0.2, 0) is 0 Å². The van der Waals surface area contributed by atoms with Gasteiger partial charge in [0.25, 0.3) is 5.91 Å². The van der Waals surface area contributed by atoms with Gasteiger partial charge in [0.15, 0.2) is 0 Å². The minimum atomic E-state index is -0.190. The van der Waals surface area contributed by atoms with E-state index in [-0.39, 0.29) is 17.7 Å². The number of aromatic hydroxyl groups is 1. The van der Waals surface area contributed by atoms with Crippen LogP contribution in [0.25, 0.3) is 0 Å². The van der Waals surface area contributed by atoms with Crippen molar-refractivity contribution in [3.8, 4) is 5.75 Å². The summed E-state index contributed by atoms with van der Waals surface area (Å²) in [6.07, 6.45) is 3.27. The maximum atomic E-state index is 12.1. The zero-order chi connectivity index (χ0) is 13.0. The Hall–Kier alpha value is -1.55. The van der Waals surface area contributed by atoms with Crippen molar-refractivity contribution in [2.45, 2.75) is 32.2 Å². The Morgan fingerprint density at radius 2 is 2.28 bits per heavy atom. The Balaban J connectivity index is 2.04. The predicted molar refractivity (Wildman–Crippen MR) is 70.8 cm³/mol. The van der Waals surface area contributed by atoms with Crippen molar-refractivity contribution in [3.05, 3.63) is 29.3 Å². The summed E-state index contributed by atoms with van der Waals surface area (Å²) in [5.74, 6) is -0.149. The molecule has 1 aromatic carbocycles. The van der Waals surface area contributed by atoms with E-state index >= 15 is 0 Å². The molecule has 2 rings (SSSR count). The SMILES string of the molecule is Cc1ccc(O)c(C(=O)NC2CCCCNC2)c1. The topological polar surface area (TPSA) is 61.4 Å². The van der Waals surface area contributed by atoms with Crippen LogP contribution < -0.4 is 10.6 Å². The number of rotatable bonds is 2. The quantitative estimate of drug-likeness (QED) is 0.744. The van der Waals surface area contributed by atoms with E-state index in [0.29, 0.717) is 5.56 Å². The lowest BCUT2D eigenvalue weighted by Crippen LogP contribution is -2.40. The van der Waals surface area contributed by atoms with Crippen molar-refractivity contribution in [3.63, 3.8) is 0 Å². The van der Waals surface area contributed by atoms with E-state index in [1.54, 1.807) is 18.2 Å². The Labute approximate surface area is 107 Å². The number of phenolic OH excluding ortho intramolecular Hbond substituents is 1. The van der Waals surface area contributed by atoms with Crippen LogP contribution in [0.1, 0.15) is 35.2 Å². The first-order valence-electron chi connectivity index (χ1n) is 6.48. The number of nitrogens with one attached hydrogen (secondary N) is 2. The maximum Gasteiger partial charge on any atom is 0.255 e. The Kier molecular flexibility index (Phi) is 4.20. The first-order chi connectivity index (χ1) is 8.66. The molecule has 98 valence electrons. The Morgan fingerprint density at radius 3 is 3.11 bits per heavy atom. The Bertz CT molecular complexity index is 424. The van der Waals surface area contributed by atoms with Crippen LogP contribution in [-0.4, -0.2) is 30.1 Å². The molecule has 1 unspecified atom stereocenters. The predicted octanol–water partition coefficient (Wildman–Crippen LogP) is 1.57. The third kappa shape index (κ3) is 3.23. The minimum Gasteiger partial charge on any atom is -0.507 e. The molecule has 4 heteroatoms. The van der Waals surface area contributed by atoms with Crippen molar-refractivity contribution in [2.24, 2.45) is 0 Å². The van der Waals surface area contributed by atoms with Crippen molar-refractivity contribution in [1.29, 1.82) is 0 Å². The average Bonchev–Trinajstić information content (AvgIpc) is 2.61. The number of hydrogen-bond acceptors (Lipinski definition) is 3. The third-order valence-electron chi connectivity index (χ3n) is 3.28. The average molecular weight is 248 g/mol. The summed E-state index contributed by atoms with van der Waals surface area (Å²) in [5, 5.41) is 16.0. The molecular weight excluding hydrogens is 228 g/mol. The van der Waals surface area contributed by atoms with Gasteiger partial charge in [0.05, 0.1) is 5.56 Å². The second-order valence-corrected chi connectivity index (χ2v) is 4.89. The molecule has 1 aromatic rings. The van der Waals surface area contributed by atoms with Crippen molar-refractivity contribution in [1.82, 2.24) is 10.6 Å². The summed E-state index contributed by atoms with van der Waals surface area (Å²) in [7, 11) is 0. The molecule has 1 aliphatic heterocycles. The number of carbonyl (C=O) groups excluding carboxylic acids is 1. The highest BCUT2D eigenvalue weighted by Gasteiger charge is 2.17. The van der Waals surface area contributed by atoms with Crippen LogP contribution >= 0.6 is 0 Å².